The van der Waals surface area contributed by atoms with Crippen LogP contribution in [0.5, 0.6) is 0 Å². The number of benzene rings is 1. The molecule has 0 saturated carbocycles. The van der Waals surface area contributed by atoms with Crippen LogP contribution in [0.4, 0.5) is 4.39 Å². The molecule has 0 aliphatic carbocycles. The van der Waals surface area contributed by atoms with Gasteiger partial charge in [0.2, 0.25) is 10.0 Å². The van der Waals surface area contributed by atoms with Gasteiger partial charge in [-0.15, -0.1) is 0 Å². The van der Waals surface area contributed by atoms with Crippen LogP contribution in [0.15, 0.2) is 34.2 Å². The molecule has 0 heterocycles. The fourth-order valence-electron chi connectivity index (χ4n) is 1.07. The van der Waals surface area contributed by atoms with Crippen LogP contribution in [0.1, 0.15) is 5.56 Å². The summed E-state index contributed by atoms with van der Waals surface area (Å²) in [6, 6.07) is 3.93. The van der Waals surface area contributed by atoms with Gasteiger partial charge in [-0.05, 0) is 24.6 Å². The lowest BCUT2D eigenvalue weighted by Crippen LogP contribution is -2.25. The quantitative estimate of drug-likeness (QED) is 0.928. The zero-order valence-electron chi connectivity index (χ0n) is 8.63. The van der Waals surface area contributed by atoms with Crippen LogP contribution < -0.4 is 4.72 Å². The summed E-state index contributed by atoms with van der Waals surface area (Å²) in [5.74, 6) is -0.765. The molecular formula is C10H11BrFNO2S. The summed E-state index contributed by atoms with van der Waals surface area (Å²) in [6.07, 6.45) is 0. The first-order valence-corrected chi connectivity index (χ1v) is 6.69. The van der Waals surface area contributed by atoms with Crippen molar-refractivity contribution in [1.82, 2.24) is 4.72 Å². The number of nitrogens with one attached hydrogen (secondary N) is 1. The Morgan fingerprint density at radius 1 is 1.56 bits per heavy atom. The summed E-state index contributed by atoms with van der Waals surface area (Å²) in [5.41, 5.74) is 0.680. The van der Waals surface area contributed by atoms with Crippen molar-refractivity contribution in [2.75, 3.05) is 6.54 Å². The maximum atomic E-state index is 13.3. The van der Waals surface area contributed by atoms with Crippen molar-refractivity contribution < 1.29 is 12.8 Å². The van der Waals surface area contributed by atoms with Crippen molar-refractivity contribution in [3.8, 4) is 0 Å². The molecule has 1 rings (SSSR count). The lowest BCUT2D eigenvalue weighted by atomic mass is 10.2. The largest absolute Gasteiger partial charge is 0.243 e. The fourth-order valence-corrected chi connectivity index (χ4v) is 2.58. The van der Waals surface area contributed by atoms with Crippen molar-refractivity contribution in [3.05, 3.63) is 40.6 Å². The molecule has 16 heavy (non-hydrogen) atoms. The second-order valence-electron chi connectivity index (χ2n) is 3.28. The van der Waals surface area contributed by atoms with Gasteiger partial charge in [-0.3, -0.25) is 0 Å². The van der Waals surface area contributed by atoms with Crippen molar-refractivity contribution in [2.45, 2.75) is 11.8 Å². The molecule has 0 fully saturated rings. The highest BCUT2D eigenvalue weighted by Crippen LogP contribution is 2.16. The number of aryl methyl sites for hydroxylation is 1. The molecule has 1 aromatic carbocycles. The lowest BCUT2D eigenvalue weighted by Gasteiger charge is -2.07. The molecule has 0 saturated heterocycles. The molecule has 6 heteroatoms. The van der Waals surface area contributed by atoms with Gasteiger partial charge in [-0.1, -0.05) is 28.6 Å². The van der Waals surface area contributed by atoms with Crippen LogP contribution >= 0.6 is 15.9 Å². The Hall–Kier alpha value is -0.720. The van der Waals surface area contributed by atoms with E-state index in [1.807, 2.05) is 0 Å². The number of halogens is 2. The number of sulfonamides is 1. The Balaban J connectivity index is 3.07. The third kappa shape index (κ3) is 3.40. The van der Waals surface area contributed by atoms with Gasteiger partial charge in [0, 0.05) is 11.0 Å². The number of rotatable bonds is 4. The molecule has 0 aliphatic heterocycles. The lowest BCUT2D eigenvalue weighted by molar-refractivity contribution is 0.559. The minimum Gasteiger partial charge on any atom is -0.207 e. The highest BCUT2D eigenvalue weighted by atomic mass is 79.9. The Bertz CT molecular complexity index is 514. The molecule has 88 valence electrons. The van der Waals surface area contributed by atoms with Gasteiger partial charge in [0.25, 0.3) is 0 Å². The van der Waals surface area contributed by atoms with Crippen LogP contribution in [0.25, 0.3) is 0 Å². The molecule has 0 amide bonds. The highest BCUT2D eigenvalue weighted by Gasteiger charge is 2.18. The van der Waals surface area contributed by atoms with Crippen molar-refractivity contribution in [1.29, 1.82) is 0 Å². The van der Waals surface area contributed by atoms with E-state index >= 15 is 0 Å². The Kier molecular flexibility index (Phi) is 4.23. The van der Waals surface area contributed by atoms with Gasteiger partial charge in [-0.25, -0.2) is 17.5 Å². The molecule has 0 radical (unpaired) electrons. The van der Waals surface area contributed by atoms with Crippen LogP contribution in [0, 0.1) is 12.7 Å². The van der Waals surface area contributed by atoms with Gasteiger partial charge >= 0.3 is 0 Å². The van der Waals surface area contributed by atoms with Crippen LogP contribution in [0.3, 0.4) is 0 Å². The van der Waals surface area contributed by atoms with Gasteiger partial charge in [0.15, 0.2) is 0 Å². The molecule has 0 aromatic heterocycles. The second-order valence-corrected chi connectivity index (χ2v) is 6.13. The Labute approximate surface area is 103 Å². The first-order chi connectivity index (χ1) is 7.33. The summed E-state index contributed by atoms with van der Waals surface area (Å²) in [6.45, 7) is 5.21. The van der Waals surface area contributed by atoms with Crippen LogP contribution in [-0.2, 0) is 10.0 Å². The van der Waals surface area contributed by atoms with Gasteiger partial charge in [0.05, 0.1) is 0 Å². The zero-order chi connectivity index (χ0) is 12.3. The van der Waals surface area contributed by atoms with Crippen molar-refractivity contribution in [2.24, 2.45) is 0 Å². The van der Waals surface area contributed by atoms with E-state index in [-0.39, 0.29) is 11.4 Å². The average Bonchev–Trinajstić information content (AvgIpc) is 2.19. The van der Waals surface area contributed by atoms with E-state index in [4.69, 9.17) is 0 Å². The van der Waals surface area contributed by atoms with Gasteiger partial charge in [0.1, 0.15) is 10.7 Å². The molecule has 1 N–H and O–H groups in total. The minimum absolute atomic E-state index is 0.0235. The van der Waals surface area contributed by atoms with Crippen molar-refractivity contribution >= 4 is 26.0 Å². The molecule has 0 unspecified atom stereocenters. The van der Waals surface area contributed by atoms with Crippen LogP contribution in [0.2, 0.25) is 0 Å². The maximum absolute atomic E-state index is 13.3. The summed E-state index contributed by atoms with van der Waals surface area (Å²) in [5, 5.41) is 0. The van der Waals surface area contributed by atoms with E-state index in [0.29, 0.717) is 10.0 Å². The Morgan fingerprint density at radius 2 is 2.19 bits per heavy atom. The molecule has 3 nitrogen and oxygen atoms in total. The van der Waals surface area contributed by atoms with E-state index < -0.39 is 15.8 Å². The molecule has 0 spiro atoms. The third-order valence-electron chi connectivity index (χ3n) is 1.83. The van der Waals surface area contributed by atoms with Gasteiger partial charge in [-0.2, -0.15) is 0 Å². The summed E-state index contributed by atoms with van der Waals surface area (Å²) in [4.78, 5) is -0.346. The summed E-state index contributed by atoms with van der Waals surface area (Å²) >= 11 is 3.02. The average molecular weight is 308 g/mol. The van der Waals surface area contributed by atoms with E-state index in [1.54, 1.807) is 6.92 Å². The maximum Gasteiger partial charge on any atom is 0.243 e. The van der Waals surface area contributed by atoms with E-state index in [9.17, 15) is 12.8 Å². The molecule has 0 atom stereocenters. The first kappa shape index (κ1) is 13.3. The molecule has 0 bridgehead atoms. The first-order valence-electron chi connectivity index (χ1n) is 4.42. The zero-order valence-corrected chi connectivity index (χ0v) is 11.0. The minimum atomic E-state index is -3.82. The highest BCUT2D eigenvalue weighted by molar-refractivity contribution is 9.11. The summed E-state index contributed by atoms with van der Waals surface area (Å²) < 4.78 is 39.4. The summed E-state index contributed by atoms with van der Waals surface area (Å²) in [7, 11) is -3.82. The van der Waals surface area contributed by atoms with E-state index in [0.717, 1.165) is 6.07 Å². The molecule has 0 aliphatic rings. The predicted molar refractivity (Wildman–Crippen MR) is 64.4 cm³/mol. The topological polar surface area (TPSA) is 46.2 Å². The third-order valence-corrected chi connectivity index (χ3v) is 3.53. The predicted octanol–water partition coefficient (Wildman–Crippen LogP) is 2.32. The SMILES string of the molecule is C=C(Br)CNS(=O)(=O)c1cc(C)ccc1F. The number of hydrogen-bond donors (Lipinski definition) is 1. The van der Waals surface area contributed by atoms with Gasteiger partial charge < -0.3 is 0 Å². The monoisotopic (exact) mass is 307 g/mol. The standard InChI is InChI=1S/C10H11BrFNO2S/c1-7-3-4-9(12)10(5-7)16(14,15)13-6-8(2)11/h3-5,13H,2,6H2,1H3. The second kappa shape index (κ2) is 5.07. The van der Waals surface area contributed by atoms with Crippen LogP contribution in [-0.4, -0.2) is 15.0 Å². The Morgan fingerprint density at radius 3 is 2.75 bits per heavy atom. The van der Waals surface area contributed by atoms with E-state index in [2.05, 4.69) is 27.2 Å². The van der Waals surface area contributed by atoms with E-state index in [1.165, 1.54) is 12.1 Å². The smallest absolute Gasteiger partial charge is 0.207 e. The fraction of sp³-hybridized carbons (Fsp3) is 0.200. The molecule has 1 aromatic rings. The van der Waals surface area contributed by atoms with Crippen molar-refractivity contribution in [3.63, 3.8) is 0 Å². The number of hydrogen-bond acceptors (Lipinski definition) is 2. The molecular weight excluding hydrogens is 297 g/mol. The normalized spacial score (nSPS) is 11.4.